The first kappa shape index (κ1) is 14.5. The molecule has 0 saturated carbocycles. The molecule has 0 fully saturated rings. The smallest absolute Gasteiger partial charge is 0.0230 e. The number of benzene rings is 1. The topological polar surface area (TPSA) is 3.24 Å². The van der Waals surface area contributed by atoms with Crippen molar-refractivity contribution < 1.29 is 0 Å². The summed E-state index contributed by atoms with van der Waals surface area (Å²) in [5.74, 6) is 0.793. The standard InChI is InChI=1S/C15H24ClN/c1-13-7-8-15(11-14(13)2)12-17(3)10-6-4-5-9-16/h7-8,11H,4-6,9-10,12H2,1-3H3. The first-order chi connectivity index (χ1) is 8.13. The normalized spacial score (nSPS) is 11.1. The third-order valence-corrected chi connectivity index (χ3v) is 3.46. The highest BCUT2D eigenvalue weighted by Gasteiger charge is 2.01. The lowest BCUT2D eigenvalue weighted by Crippen LogP contribution is -2.19. The second kappa shape index (κ2) is 7.73. The third-order valence-electron chi connectivity index (χ3n) is 3.20. The van der Waals surface area contributed by atoms with Gasteiger partial charge in [0.15, 0.2) is 0 Å². The molecular formula is C15H24ClN. The van der Waals surface area contributed by atoms with Gasteiger partial charge in [0, 0.05) is 12.4 Å². The number of hydrogen-bond donors (Lipinski definition) is 0. The van der Waals surface area contributed by atoms with Gasteiger partial charge in [-0.05, 0) is 57.0 Å². The second-order valence-electron chi connectivity index (χ2n) is 4.91. The molecule has 0 atom stereocenters. The predicted octanol–water partition coefficient (Wildman–Crippen LogP) is 4.14. The summed E-state index contributed by atoms with van der Waals surface area (Å²) in [6, 6.07) is 6.74. The molecule has 1 aromatic carbocycles. The van der Waals surface area contributed by atoms with Crippen molar-refractivity contribution in [1.29, 1.82) is 0 Å². The van der Waals surface area contributed by atoms with Crippen molar-refractivity contribution >= 4 is 11.6 Å². The van der Waals surface area contributed by atoms with Gasteiger partial charge in [0.2, 0.25) is 0 Å². The minimum Gasteiger partial charge on any atom is -0.302 e. The quantitative estimate of drug-likeness (QED) is 0.521. The Morgan fingerprint density at radius 1 is 1.06 bits per heavy atom. The van der Waals surface area contributed by atoms with Gasteiger partial charge in [-0.1, -0.05) is 24.6 Å². The van der Waals surface area contributed by atoms with Gasteiger partial charge in [-0.2, -0.15) is 0 Å². The maximum absolute atomic E-state index is 5.67. The Kier molecular flexibility index (Phi) is 6.61. The molecule has 0 unspecified atom stereocenters. The Labute approximate surface area is 111 Å². The highest BCUT2D eigenvalue weighted by Crippen LogP contribution is 2.11. The fourth-order valence-corrected chi connectivity index (χ4v) is 2.13. The number of halogens is 1. The van der Waals surface area contributed by atoms with Crippen LogP contribution in [0.5, 0.6) is 0 Å². The van der Waals surface area contributed by atoms with Gasteiger partial charge in [-0.15, -0.1) is 11.6 Å². The molecule has 1 nitrogen and oxygen atoms in total. The number of unbranched alkanes of at least 4 members (excludes halogenated alkanes) is 2. The van der Waals surface area contributed by atoms with Gasteiger partial charge in [-0.3, -0.25) is 0 Å². The predicted molar refractivity (Wildman–Crippen MR) is 76.8 cm³/mol. The molecule has 0 aliphatic carbocycles. The number of nitrogens with zero attached hydrogens (tertiary/aromatic N) is 1. The summed E-state index contributed by atoms with van der Waals surface area (Å²) < 4.78 is 0. The minimum atomic E-state index is 0.793. The van der Waals surface area contributed by atoms with Crippen molar-refractivity contribution in [3.8, 4) is 0 Å². The van der Waals surface area contributed by atoms with Crippen LogP contribution in [0.2, 0.25) is 0 Å². The van der Waals surface area contributed by atoms with Crippen LogP contribution in [0.1, 0.15) is 36.0 Å². The second-order valence-corrected chi connectivity index (χ2v) is 5.28. The molecule has 0 heterocycles. The lowest BCUT2D eigenvalue weighted by atomic mass is 10.1. The molecule has 1 rings (SSSR count). The maximum Gasteiger partial charge on any atom is 0.0230 e. The summed E-state index contributed by atoms with van der Waals surface area (Å²) in [5, 5.41) is 0. The molecule has 0 radical (unpaired) electrons. The van der Waals surface area contributed by atoms with E-state index >= 15 is 0 Å². The Bertz CT molecular complexity index is 336. The molecule has 0 N–H and O–H groups in total. The Hall–Kier alpha value is -0.530. The lowest BCUT2D eigenvalue weighted by molar-refractivity contribution is 0.318. The van der Waals surface area contributed by atoms with Crippen LogP contribution in [-0.4, -0.2) is 24.4 Å². The van der Waals surface area contributed by atoms with Gasteiger partial charge in [-0.25, -0.2) is 0 Å². The van der Waals surface area contributed by atoms with Crippen LogP contribution in [-0.2, 0) is 6.54 Å². The summed E-state index contributed by atoms with van der Waals surface area (Å²) in [5.41, 5.74) is 4.17. The molecule has 0 bridgehead atoms. The Balaban J connectivity index is 2.34. The van der Waals surface area contributed by atoms with Crippen molar-refractivity contribution in [2.24, 2.45) is 0 Å². The molecular weight excluding hydrogens is 230 g/mol. The van der Waals surface area contributed by atoms with Crippen molar-refractivity contribution in [3.63, 3.8) is 0 Å². The monoisotopic (exact) mass is 253 g/mol. The van der Waals surface area contributed by atoms with Crippen molar-refractivity contribution in [1.82, 2.24) is 4.90 Å². The third kappa shape index (κ3) is 5.56. The van der Waals surface area contributed by atoms with Crippen molar-refractivity contribution in [3.05, 3.63) is 34.9 Å². The zero-order valence-corrected chi connectivity index (χ0v) is 12.1. The average Bonchev–Trinajstić information content (AvgIpc) is 2.30. The van der Waals surface area contributed by atoms with Crippen molar-refractivity contribution in [2.45, 2.75) is 39.7 Å². The molecule has 1 aromatic rings. The summed E-state index contributed by atoms with van der Waals surface area (Å²) >= 11 is 5.67. The van der Waals surface area contributed by atoms with Gasteiger partial charge < -0.3 is 4.90 Å². The molecule has 0 aliphatic rings. The molecule has 17 heavy (non-hydrogen) atoms. The molecule has 96 valence electrons. The van der Waals surface area contributed by atoms with Crippen LogP contribution >= 0.6 is 11.6 Å². The van der Waals surface area contributed by atoms with E-state index in [1.807, 2.05) is 0 Å². The van der Waals surface area contributed by atoms with E-state index in [-0.39, 0.29) is 0 Å². The van der Waals surface area contributed by atoms with Gasteiger partial charge >= 0.3 is 0 Å². The molecule has 0 amide bonds. The van der Waals surface area contributed by atoms with Crippen LogP contribution in [0.3, 0.4) is 0 Å². The maximum atomic E-state index is 5.67. The number of aryl methyl sites for hydroxylation is 2. The van der Waals surface area contributed by atoms with E-state index in [0.29, 0.717) is 0 Å². The molecule has 0 saturated heterocycles. The molecule has 0 aromatic heterocycles. The first-order valence-corrected chi connectivity index (χ1v) is 6.97. The molecule has 0 spiro atoms. The number of alkyl halides is 1. The van der Waals surface area contributed by atoms with Gasteiger partial charge in [0.25, 0.3) is 0 Å². The van der Waals surface area contributed by atoms with E-state index in [4.69, 9.17) is 11.6 Å². The largest absolute Gasteiger partial charge is 0.302 e. The van der Waals surface area contributed by atoms with E-state index < -0.39 is 0 Å². The average molecular weight is 254 g/mol. The van der Waals surface area contributed by atoms with Crippen LogP contribution in [0, 0.1) is 13.8 Å². The highest BCUT2D eigenvalue weighted by atomic mass is 35.5. The van der Waals surface area contributed by atoms with Crippen LogP contribution in [0.4, 0.5) is 0 Å². The van der Waals surface area contributed by atoms with Crippen LogP contribution < -0.4 is 0 Å². The first-order valence-electron chi connectivity index (χ1n) is 6.44. The number of rotatable bonds is 7. The van der Waals surface area contributed by atoms with E-state index in [0.717, 1.165) is 25.4 Å². The summed E-state index contributed by atoms with van der Waals surface area (Å²) in [6.07, 6.45) is 3.62. The fourth-order valence-electron chi connectivity index (χ4n) is 1.95. The van der Waals surface area contributed by atoms with E-state index in [9.17, 15) is 0 Å². The summed E-state index contributed by atoms with van der Waals surface area (Å²) in [6.45, 7) is 6.54. The van der Waals surface area contributed by atoms with Gasteiger partial charge in [0.1, 0.15) is 0 Å². The SMILES string of the molecule is Cc1ccc(CN(C)CCCCCCl)cc1C. The minimum absolute atomic E-state index is 0.793. The number of hydrogen-bond acceptors (Lipinski definition) is 1. The van der Waals surface area contributed by atoms with E-state index in [2.05, 4.69) is 44.0 Å². The van der Waals surface area contributed by atoms with Crippen LogP contribution in [0.25, 0.3) is 0 Å². The van der Waals surface area contributed by atoms with Gasteiger partial charge in [0.05, 0.1) is 0 Å². The highest BCUT2D eigenvalue weighted by molar-refractivity contribution is 6.17. The van der Waals surface area contributed by atoms with E-state index in [1.54, 1.807) is 0 Å². The Morgan fingerprint density at radius 3 is 2.47 bits per heavy atom. The fraction of sp³-hybridized carbons (Fsp3) is 0.600. The molecule has 2 heteroatoms. The zero-order chi connectivity index (χ0) is 12.7. The van der Waals surface area contributed by atoms with Crippen molar-refractivity contribution in [2.75, 3.05) is 19.5 Å². The summed E-state index contributed by atoms with van der Waals surface area (Å²) in [4.78, 5) is 2.39. The lowest BCUT2D eigenvalue weighted by Gasteiger charge is -2.17. The summed E-state index contributed by atoms with van der Waals surface area (Å²) in [7, 11) is 2.19. The molecule has 0 aliphatic heterocycles. The van der Waals surface area contributed by atoms with Crippen LogP contribution in [0.15, 0.2) is 18.2 Å². The zero-order valence-electron chi connectivity index (χ0n) is 11.3. The van der Waals surface area contributed by atoms with E-state index in [1.165, 1.54) is 29.5 Å². The Morgan fingerprint density at radius 2 is 1.82 bits per heavy atom.